The number of methoxy groups -OCH3 is 3. The van der Waals surface area contributed by atoms with Crippen LogP contribution in [0.3, 0.4) is 0 Å². The van der Waals surface area contributed by atoms with Gasteiger partial charge in [-0.05, 0) is 42.8 Å². The average Bonchev–Trinajstić information content (AvgIpc) is 2.97. The zero-order chi connectivity index (χ0) is 21.2. The fraction of sp³-hybridized carbons (Fsp3) is 0.286. The Hall–Kier alpha value is -3.55. The first-order chi connectivity index (χ1) is 13.8. The van der Waals surface area contributed by atoms with E-state index < -0.39 is 23.3 Å². The number of carbonyl (C=O) groups is 3. The smallest absolute Gasteiger partial charge is 0.325 e. The van der Waals surface area contributed by atoms with E-state index in [-0.39, 0.29) is 6.54 Å². The summed E-state index contributed by atoms with van der Waals surface area (Å²) in [7, 11) is 4.50. The molecule has 29 heavy (non-hydrogen) atoms. The number of amides is 3. The highest BCUT2D eigenvalue weighted by atomic mass is 16.5. The summed E-state index contributed by atoms with van der Waals surface area (Å²) in [5, 5.41) is 2.68. The summed E-state index contributed by atoms with van der Waals surface area (Å²) in [5.74, 6) is 0.606. The van der Waals surface area contributed by atoms with E-state index in [0.29, 0.717) is 28.4 Å². The molecule has 1 fully saturated rings. The number of ketones is 1. The zero-order valence-corrected chi connectivity index (χ0v) is 16.6. The first kappa shape index (κ1) is 20.2. The number of nitrogens with zero attached hydrogens (tertiary/aromatic N) is 1. The first-order valence-electron chi connectivity index (χ1n) is 8.88. The molecule has 1 saturated heterocycles. The quantitative estimate of drug-likeness (QED) is 0.568. The van der Waals surface area contributed by atoms with Crippen molar-refractivity contribution in [1.29, 1.82) is 0 Å². The number of ether oxygens (including phenoxy) is 3. The third-order valence-electron chi connectivity index (χ3n) is 4.95. The number of carbonyl (C=O) groups excluding carboxylic acids is 3. The topological polar surface area (TPSA) is 94.2 Å². The van der Waals surface area contributed by atoms with Crippen molar-refractivity contribution in [2.24, 2.45) is 0 Å². The van der Waals surface area contributed by atoms with Crippen LogP contribution in [0.1, 0.15) is 22.8 Å². The van der Waals surface area contributed by atoms with Crippen LogP contribution in [0.25, 0.3) is 0 Å². The van der Waals surface area contributed by atoms with E-state index in [1.54, 1.807) is 50.4 Å². The number of benzene rings is 2. The predicted octanol–water partition coefficient (Wildman–Crippen LogP) is 2.36. The Morgan fingerprint density at radius 3 is 2.21 bits per heavy atom. The minimum absolute atomic E-state index is 0.307. The Morgan fingerprint density at radius 1 is 0.966 bits per heavy atom. The Labute approximate surface area is 168 Å². The van der Waals surface area contributed by atoms with Crippen LogP contribution in [-0.4, -0.2) is 50.5 Å². The van der Waals surface area contributed by atoms with Crippen LogP contribution in [0.2, 0.25) is 0 Å². The lowest BCUT2D eigenvalue weighted by molar-refractivity contribution is -0.130. The summed E-state index contributed by atoms with van der Waals surface area (Å²) in [6.07, 6.45) is 0. The van der Waals surface area contributed by atoms with Crippen LogP contribution in [-0.2, 0) is 10.3 Å². The predicted molar refractivity (Wildman–Crippen MR) is 104 cm³/mol. The van der Waals surface area contributed by atoms with Gasteiger partial charge in [-0.2, -0.15) is 0 Å². The lowest BCUT2D eigenvalue weighted by atomic mass is 9.92. The third kappa shape index (κ3) is 3.61. The van der Waals surface area contributed by atoms with Crippen molar-refractivity contribution >= 4 is 17.7 Å². The Kier molecular flexibility index (Phi) is 5.45. The van der Waals surface area contributed by atoms with Crippen molar-refractivity contribution in [1.82, 2.24) is 10.2 Å². The van der Waals surface area contributed by atoms with E-state index in [9.17, 15) is 14.4 Å². The SMILES string of the molecule is COc1ccc([C@]2(C)NC(=O)N(CC(=O)c3ccc(OC)c(OC)c3)C2=O)cc1. The molecule has 0 saturated carbocycles. The minimum Gasteiger partial charge on any atom is -0.497 e. The van der Waals surface area contributed by atoms with Crippen LogP contribution in [0.5, 0.6) is 17.2 Å². The molecule has 1 atom stereocenters. The van der Waals surface area contributed by atoms with Crippen molar-refractivity contribution in [2.45, 2.75) is 12.5 Å². The van der Waals surface area contributed by atoms with Crippen LogP contribution in [0, 0.1) is 0 Å². The van der Waals surface area contributed by atoms with Crippen LogP contribution >= 0.6 is 0 Å². The molecule has 0 bridgehead atoms. The van der Waals surface area contributed by atoms with Gasteiger partial charge in [0.25, 0.3) is 5.91 Å². The highest BCUT2D eigenvalue weighted by Crippen LogP contribution is 2.31. The van der Waals surface area contributed by atoms with Gasteiger partial charge in [0.05, 0.1) is 27.9 Å². The maximum Gasteiger partial charge on any atom is 0.325 e. The van der Waals surface area contributed by atoms with Gasteiger partial charge in [0.1, 0.15) is 11.3 Å². The van der Waals surface area contributed by atoms with Crippen molar-refractivity contribution in [2.75, 3.05) is 27.9 Å². The van der Waals surface area contributed by atoms with Gasteiger partial charge < -0.3 is 19.5 Å². The van der Waals surface area contributed by atoms with E-state index >= 15 is 0 Å². The lowest BCUT2D eigenvalue weighted by Crippen LogP contribution is -2.41. The maximum absolute atomic E-state index is 13.0. The second kappa shape index (κ2) is 7.83. The molecule has 152 valence electrons. The highest BCUT2D eigenvalue weighted by Gasteiger charge is 2.49. The van der Waals surface area contributed by atoms with E-state index in [0.717, 1.165) is 4.90 Å². The minimum atomic E-state index is -1.26. The fourth-order valence-electron chi connectivity index (χ4n) is 3.21. The van der Waals surface area contributed by atoms with Gasteiger partial charge in [-0.3, -0.25) is 14.5 Å². The second-order valence-electron chi connectivity index (χ2n) is 6.67. The molecular weight excluding hydrogens is 376 g/mol. The zero-order valence-electron chi connectivity index (χ0n) is 16.6. The molecule has 8 heteroatoms. The van der Waals surface area contributed by atoms with Crippen molar-refractivity contribution in [3.63, 3.8) is 0 Å². The molecule has 0 aliphatic carbocycles. The molecule has 1 aliphatic rings. The highest BCUT2D eigenvalue weighted by molar-refractivity contribution is 6.11. The Bertz CT molecular complexity index is 956. The maximum atomic E-state index is 13.0. The van der Waals surface area contributed by atoms with Crippen molar-refractivity contribution in [3.05, 3.63) is 53.6 Å². The Balaban J connectivity index is 1.82. The Morgan fingerprint density at radius 2 is 1.62 bits per heavy atom. The molecule has 3 rings (SSSR count). The van der Waals surface area contributed by atoms with Crippen molar-refractivity contribution in [3.8, 4) is 17.2 Å². The molecule has 1 N–H and O–H groups in total. The molecule has 3 amide bonds. The number of Topliss-reactive ketones (excluding diaryl/α,β-unsaturated/α-hetero) is 1. The fourth-order valence-corrected chi connectivity index (χ4v) is 3.21. The molecule has 1 aliphatic heterocycles. The molecule has 0 aromatic heterocycles. The molecule has 2 aromatic rings. The molecule has 2 aromatic carbocycles. The van der Waals surface area contributed by atoms with E-state index in [1.165, 1.54) is 20.3 Å². The van der Waals surface area contributed by atoms with Gasteiger partial charge in [0, 0.05) is 5.56 Å². The van der Waals surface area contributed by atoms with E-state index in [4.69, 9.17) is 14.2 Å². The summed E-state index contributed by atoms with van der Waals surface area (Å²) >= 11 is 0. The standard InChI is InChI=1S/C21H22N2O6/c1-21(14-6-8-15(27-2)9-7-14)19(25)23(20(26)22-21)12-16(24)13-5-10-17(28-3)18(11-13)29-4/h5-11H,12H2,1-4H3,(H,22,26)/t21-/m0/s1. The molecule has 0 spiro atoms. The molecule has 8 nitrogen and oxygen atoms in total. The largest absolute Gasteiger partial charge is 0.497 e. The normalized spacial score (nSPS) is 18.4. The summed E-state index contributed by atoms with van der Waals surface area (Å²) in [6, 6.07) is 10.9. The van der Waals surface area contributed by atoms with Crippen molar-refractivity contribution < 1.29 is 28.6 Å². The second-order valence-corrected chi connectivity index (χ2v) is 6.67. The summed E-state index contributed by atoms with van der Waals surface area (Å²) < 4.78 is 15.5. The van der Waals surface area contributed by atoms with Gasteiger partial charge in [-0.1, -0.05) is 12.1 Å². The number of nitrogens with one attached hydrogen (secondary N) is 1. The van der Waals surface area contributed by atoms with Crippen LogP contribution in [0.15, 0.2) is 42.5 Å². The molecular formula is C21H22N2O6. The van der Waals surface area contributed by atoms with Gasteiger partial charge in [0.2, 0.25) is 0 Å². The average molecular weight is 398 g/mol. The van der Waals surface area contributed by atoms with Crippen LogP contribution in [0.4, 0.5) is 4.79 Å². The lowest BCUT2D eigenvalue weighted by Gasteiger charge is -2.22. The van der Waals surface area contributed by atoms with E-state index in [2.05, 4.69) is 5.32 Å². The van der Waals surface area contributed by atoms with Gasteiger partial charge in [-0.15, -0.1) is 0 Å². The van der Waals surface area contributed by atoms with Gasteiger partial charge >= 0.3 is 6.03 Å². The van der Waals surface area contributed by atoms with Crippen LogP contribution < -0.4 is 19.5 Å². The summed E-state index contributed by atoms with van der Waals surface area (Å²) in [5.41, 5.74) is -0.361. The number of imide groups is 1. The number of hydrogen-bond donors (Lipinski definition) is 1. The summed E-state index contributed by atoms with van der Waals surface area (Å²) in [6.45, 7) is 1.22. The molecule has 0 unspecified atom stereocenters. The number of urea groups is 1. The first-order valence-corrected chi connectivity index (χ1v) is 8.88. The van der Waals surface area contributed by atoms with E-state index in [1.807, 2.05) is 0 Å². The molecule has 1 heterocycles. The molecule has 0 radical (unpaired) electrons. The summed E-state index contributed by atoms with van der Waals surface area (Å²) in [4.78, 5) is 39.1. The number of rotatable bonds is 7. The van der Waals surface area contributed by atoms with Gasteiger partial charge in [0.15, 0.2) is 17.3 Å². The monoisotopic (exact) mass is 398 g/mol. The number of hydrogen-bond acceptors (Lipinski definition) is 6. The van der Waals surface area contributed by atoms with Gasteiger partial charge in [-0.25, -0.2) is 4.79 Å². The third-order valence-corrected chi connectivity index (χ3v) is 4.95.